The van der Waals surface area contributed by atoms with Crippen molar-refractivity contribution in [1.82, 2.24) is 4.98 Å². The number of para-hydroxylation sites is 1. The molecule has 1 heterocycles. The Morgan fingerprint density at radius 3 is 2.61 bits per heavy atom. The van der Waals surface area contributed by atoms with E-state index in [9.17, 15) is 4.79 Å². The van der Waals surface area contributed by atoms with Gasteiger partial charge in [-0.15, -0.1) is 0 Å². The first kappa shape index (κ1) is 12.7. The molecule has 92 valence electrons. The number of aromatic carboxylic acids is 1. The van der Waals surface area contributed by atoms with Crippen molar-refractivity contribution in [2.75, 3.05) is 0 Å². The second-order valence-electron chi connectivity index (χ2n) is 3.35. The quantitative estimate of drug-likeness (QED) is 0.869. The average molecular weight is 284 g/mol. The molecular formula is C12H7Cl2NO3. The van der Waals surface area contributed by atoms with Gasteiger partial charge in [0.05, 0.1) is 10.6 Å². The van der Waals surface area contributed by atoms with Crippen LogP contribution in [0.1, 0.15) is 10.4 Å². The van der Waals surface area contributed by atoms with Crippen LogP contribution in [0.25, 0.3) is 0 Å². The van der Waals surface area contributed by atoms with Gasteiger partial charge in [-0.25, -0.2) is 9.78 Å². The van der Waals surface area contributed by atoms with Crippen molar-refractivity contribution in [2.45, 2.75) is 0 Å². The topological polar surface area (TPSA) is 59.4 Å². The van der Waals surface area contributed by atoms with E-state index in [-0.39, 0.29) is 16.6 Å². The van der Waals surface area contributed by atoms with E-state index in [0.29, 0.717) is 10.8 Å². The van der Waals surface area contributed by atoms with E-state index in [2.05, 4.69) is 4.98 Å². The maximum Gasteiger partial charge on any atom is 0.335 e. The van der Waals surface area contributed by atoms with Crippen LogP contribution in [-0.2, 0) is 0 Å². The Balaban J connectivity index is 2.35. The number of carboxylic acids is 1. The van der Waals surface area contributed by atoms with Crippen LogP contribution in [0.2, 0.25) is 10.2 Å². The summed E-state index contributed by atoms with van der Waals surface area (Å²) in [6, 6.07) is 9.30. The highest BCUT2D eigenvalue weighted by atomic mass is 35.5. The van der Waals surface area contributed by atoms with Crippen LogP contribution in [0.4, 0.5) is 0 Å². The number of rotatable bonds is 3. The van der Waals surface area contributed by atoms with Gasteiger partial charge < -0.3 is 9.84 Å². The Bertz CT molecular complexity index is 602. The van der Waals surface area contributed by atoms with Crippen LogP contribution in [0.5, 0.6) is 11.6 Å². The summed E-state index contributed by atoms with van der Waals surface area (Å²) in [7, 11) is 0. The number of pyridine rings is 1. The minimum absolute atomic E-state index is 0.00273. The van der Waals surface area contributed by atoms with Crippen molar-refractivity contribution < 1.29 is 14.6 Å². The van der Waals surface area contributed by atoms with Gasteiger partial charge in [-0.05, 0) is 18.2 Å². The summed E-state index contributed by atoms with van der Waals surface area (Å²) >= 11 is 11.6. The SMILES string of the molecule is O=C(O)c1cc(Cl)nc(Oc2ccccc2Cl)c1. The first-order valence-electron chi connectivity index (χ1n) is 4.89. The van der Waals surface area contributed by atoms with E-state index in [4.69, 9.17) is 33.0 Å². The van der Waals surface area contributed by atoms with Gasteiger partial charge in [0.25, 0.3) is 0 Å². The maximum atomic E-state index is 10.9. The van der Waals surface area contributed by atoms with Crippen molar-refractivity contribution >= 4 is 29.2 Å². The largest absolute Gasteiger partial charge is 0.478 e. The molecule has 0 saturated carbocycles. The van der Waals surface area contributed by atoms with E-state index in [1.807, 2.05) is 0 Å². The number of nitrogens with zero attached hydrogens (tertiary/aromatic N) is 1. The first-order chi connectivity index (χ1) is 8.56. The highest BCUT2D eigenvalue weighted by molar-refractivity contribution is 6.32. The van der Waals surface area contributed by atoms with Crippen molar-refractivity contribution in [3.63, 3.8) is 0 Å². The maximum absolute atomic E-state index is 10.9. The molecule has 4 nitrogen and oxygen atoms in total. The average Bonchev–Trinajstić information content (AvgIpc) is 2.31. The summed E-state index contributed by atoms with van der Waals surface area (Å²) < 4.78 is 5.39. The summed E-state index contributed by atoms with van der Waals surface area (Å²) in [5.41, 5.74) is -0.00273. The summed E-state index contributed by atoms with van der Waals surface area (Å²) in [5.74, 6) is -0.651. The van der Waals surface area contributed by atoms with Gasteiger partial charge in [-0.3, -0.25) is 0 Å². The number of hydrogen-bond donors (Lipinski definition) is 1. The van der Waals surface area contributed by atoms with Crippen LogP contribution in [0.3, 0.4) is 0 Å². The zero-order valence-corrected chi connectivity index (χ0v) is 10.4. The Kier molecular flexibility index (Phi) is 3.69. The third-order valence-electron chi connectivity index (χ3n) is 2.07. The van der Waals surface area contributed by atoms with Crippen LogP contribution in [0, 0.1) is 0 Å². The van der Waals surface area contributed by atoms with Gasteiger partial charge in [-0.2, -0.15) is 0 Å². The minimum Gasteiger partial charge on any atom is -0.478 e. The molecule has 0 spiro atoms. The normalized spacial score (nSPS) is 10.1. The fraction of sp³-hybridized carbons (Fsp3) is 0. The molecule has 0 aliphatic rings. The number of carboxylic acid groups (broad SMARTS) is 1. The Morgan fingerprint density at radius 2 is 1.94 bits per heavy atom. The molecular weight excluding hydrogens is 277 g/mol. The van der Waals surface area contributed by atoms with Crippen LogP contribution in [0.15, 0.2) is 36.4 Å². The fourth-order valence-electron chi connectivity index (χ4n) is 1.29. The lowest BCUT2D eigenvalue weighted by molar-refractivity contribution is 0.0696. The molecule has 0 saturated heterocycles. The highest BCUT2D eigenvalue weighted by Gasteiger charge is 2.10. The molecule has 0 aliphatic carbocycles. The lowest BCUT2D eigenvalue weighted by Crippen LogP contribution is -1.98. The molecule has 0 fully saturated rings. The first-order valence-corrected chi connectivity index (χ1v) is 5.65. The molecule has 1 N–H and O–H groups in total. The van der Waals surface area contributed by atoms with Crippen molar-refractivity contribution in [3.8, 4) is 11.6 Å². The van der Waals surface area contributed by atoms with E-state index < -0.39 is 5.97 Å². The predicted molar refractivity (Wildman–Crippen MR) is 67.7 cm³/mol. The molecule has 1 aromatic carbocycles. The summed E-state index contributed by atoms with van der Waals surface area (Å²) in [6.45, 7) is 0. The highest BCUT2D eigenvalue weighted by Crippen LogP contribution is 2.29. The Morgan fingerprint density at radius 1 is 1.22 bits per heavy atom. The van der Waals surface area contributed by atoms with Crippen molar-refractivity contribution in [3.05, 3.63) is 52.1 Å². The summed E-state index contributed by atoms with van der Waals surface area (Å²) in [5, 5.41) is 9.32. The third-order valence-corrected chi connectivity index (χ3v) is 2.57. The number of ether oxygens (including phenoxy) is 1. The van der Waals surface area contributed by atoms with E-state index in [0.717, 1.165) is 0 Å². The second kappa shape index (κ2) is 5.25. The van der Waals surface area contributed by atoms with Crippen LogP contribution in [-0.4, -0.2) is 16.1 Å². The number of benzene rings is 1. The zero-order valence-electron chi connectivity index (χ0n) is 8.93. The molecule has 18 heavy (non-hydrogen) atoms. The molecule has 0 unspecified atom stereocenters. The summed E-state index contributed by atoms with van der Waals surface area (Å²) in [4.78, 5) is 14.7. The fourth-order valence-corrected chi connectivity index (χ4v) is 1.66. The van der Waals surface area contributed by atoms with Crippen LogP contribution >= 0.6 is 23.2 Å². The Labute approximate surface area is 113 Å². The number of hydrogen-bond acceptors (Lipinski definition) is 3. The van der Waals surface area contributed by atoms with Crippen molar-refractivity contribution in [2.24, 2.45) is 0 Å². The van der Waals surface area contributed by atoms with Crippen molar-refractivity contribution in [1.29, 1.82) is 0 Å². The van der Waals surface area contributed by atoms with Gasteiger partial charge >= 0.3 is 5.97 Å². The number of aromatic nitrogens is 1. The number of carbonyl (C=O) groups is 1. The van der Waals surface area contributed by atoms with Gasteiger partial charge in [0.1, 0.15) is 10.9 Å². The Hall–Kier alpha value is -1.78. The molecule has 0 bridgehead atoms. The predicted octanol–water partition coefficient (Wildman–Crippen LogP) is 3.88. The lowest BCUT2D eigenvalue weighted by atomic mass is 10.3. The molecule has 2 aromatic rings. The number of halogens is 2. The van der Waals surface area contributed by atoms with E-state index in [1.54, 1.807) is 24.3 Å². The second-order valence-corrected chi connectivity index (χ2v) is 4.15. The van der Waals surface area contributed by atoms with Gasteiger partial charge in [0.15, 0.2) is 0 Å². The smallest absolute Gasteiger partial charge is 0.335 e. The van der Waals surface area contributed by atoms with Gasteiger partial charge in [0, 0.05) is 6.07 Å². The molecule has 0 aliphatic heterocycles. The minimum atomic E-state index is -1.11. The monoisotopic (exact) mass is 283 g/mol. The van der Waals surface area contributed by atoms with Gasteiger partial charge in [0.2, 0.25) is 5.88 Å². The summed E-state index contributed by atoms with van der Waals surface area (Å²) in [6.07, 6.45) is 0. The zero-order chi connectivity index (χ0) is 13.1. The van der Waals surface area contributed by atoms with Crippen LogP contribution < -0.4 is 4.74 Å². The molecule has 0 amide bonds. The molecule has 0 radical (unpaired) electrons. The molecule has 1 aromatic heterocycles. The third kappa shape index (κ3) is 2.91. The molecule has 2 rings (SSSR count). The van der Waals surface area contributed by atoms with Gasteiger partial charge in [-0.1, -0.05) is 35.3 Å². The van der Waals surface area contributed by atoms with E-state index >= 15 is 0 Å². The van der Waals surface area contributed by atoms with E-state index in [1.165, 1.54) is 12.1 Å². The standard InChI is InChI=1S/C12H7Cl2NO3/c13-8-3-1-2-4-9(8)18-11-6-7(12(16)17)5-10(14)15-11/h1-6H,(H,16,17). The molecule has 6 heteroatoms. The lowest BCUT2D eigenvalue weighted by Gasteiger charge is -2.07. The molecule has 0 atom stereocenters.